The molecule has 0 bridgehead atoms. The normalized spacial score (nSPS) is 13.3. The van der Waals surface area contributed by atoms with Crippen molar-refractivity contribution in [2.75, 3.05) is 39.8 Å². The maximum absolute atomic E-state index is 15.4. The van der Waals surface area contributed by atoms with Gasteiger partial charge in [0.05, 0.1) is 27.0 Å². The van der Waals surface area contributed by atoms with Gasteiger partial charge in [0.1, 0.15) is 12.2 Å². The number of anilines is 1. The molecule has 1 aromatic carbocycles. The number of amides is 2. The van der Waals surface area contributed by atoms with Gasteiger partial charge < -0.3 is 23.7 Å². The third-order valence-electron chi connectivity index (χ3n) is 12.3. The Kier molecular flexibility index (Phi) is 18.7. The van der Waals surface area contributed by atoms with Crippen LogP contribution < -0.4 is 19.1 Å². The zero-order valence-corrected chi connectivity index (χ0v) is 38.8. The molecule has 1 aliphatic rings. The fourth-order valence-corrected chi connectivity index (χ4v) is 8.64. The average Bonchev–Trinajstić information content (AvgIpc) is 3.36. The highest BCUT2D eigenvalue weighted by Crippen LogP contribution is 2.42. The van der Waals surface area contributed by atoms with E-state index in [0.29, 0.717) is 61.5 Å². The summed E-state index contributed by atoms with van der Waals surface area (Å²) < 4.78 is 29.9. The number of rotatable bonds is 24. The summed E-state index contributed by atoms with van der Waals surface area (Å²) in [6.07, 6.45) is 22.4. The van der Waals surface area contributed by atoms with Gasteiger partial charge in [-0.15, -0.1) is 0 Å². The van der Waals surface area contributed by atoms with Crippen LogP contribution in [0.3, 0.4) is 0 Å². The van der Waals surface area contributed by atoms with Crippen LogP contribution in [0.1, 0.15) is 92.9 Å². The highest BCUT2D eigenvalue weighted by atomic mass is 16.6. The van der Waals surface area contributed by atoms with Crippen LogP contribution in [-0.2, 0) is 44.7 Å². The molecule has 5 heterocycles. The number of methoxy groups -OCH3 is 3. The molecule has 4 aromatic heterocycles. The Hall–Kier alpha value is -6.57. The smallest absolute Gasteiger partial charge is 0.344 e. The van der Waals surface area contributed by atoms with Crippen LogP contribution in [0.4, 0.5) is 10.5 Å². The minimum Gasteiger partial charge on any atom is -0.493 e. The quantitative estimate of drug-likeness (QED) is 0.0429. The Balaban J connectivity index is 1.32. The molecule has 1 fully saturated rings. The van der Waals surface area contributed by atoms with Gasteiger partial charge in [-0.25, -0.2) is 14.4 Å². The Morgan fingerprint density at radius 1 is 0.606 bits per heavy atom. The summed E-state index contributed by atoms with van der Waals surface area (Å²) in [5, 5.41) is 0. The first-order chi connectivity index (χ1) is 32.2. The van der Waals surface area contributed by atoms with E-state index in [4.69, 9.17) is 23.7 Å². The van der Waals surface area contributed by atoms with Gasteiger partial charge in [-0.3, -0.25) is 29.7 Å². The molecule has 0 saturated carbocycles. The van der Waals surface area contributed by atoms with Crippen molar-refractivity contribution in [1.82, 2.24) is 24.8 Å². The molecule has 66 heavy (non-hydrogen) atoms. The fraction of sp³-hybridized carbons (Fsp3) is 0.442. The molecule has 5 aromatic rings. The molecular weight excluding hydrogens is 837 g/mol. The van der Waals surface area contributed by atoms with Crippen LogP contribution in [0.2, 0.25) is 0 Å². The van der Waals surface area contributed by atoms with Crippen LogP contribution in [0, 0.1) is 0 Å². The summed E-state index contributed by atoms with van der Waals surface area (Å²) in [6.45, 7) is 0.122. The lowest BCUT2D eigenvalue weighted by molar-refractivity contribution is -0.182. The topological polar surface area (TPSA) is 155 Å². The number of pyridine rings is 4. The van der Waals surface area contributed by atoms with E-state index in [1.807, 2.05) is 73.3 Å². The van der Waals surface area contributed by atoms with Gasteiger partial charge in [0, 0.05) is 75.3 Å². The molecule has 350 valence electrons. The van der Waals surface area contributed by atoms with Gasteiger partial charge in [0.2, 0.25) is 11.3 Å². The van der Waals surface area contributed by atoms with Gasteiger partial charge in [0.15, 0.2) is 11.5 Å². The maximum atomic E-state index is 15.4. The number of hydrogen-bond donors (Lipinski definition) is 0. The molecule has 0 unspecified atom stereocenters. The van der Waals surface area contributed by atoms with Crippen LogP contribution in [-0.4, -0.2) is 95.5 Å². The number of carbonyl (C=O) groups is 3. The molecule has 0 aliphatic carbocycles. The first-order valence-electron chi connectivity index (χ1n) is 23.1. The minimum absolute atomic E-state index is 0.0374. The van der Waals surface area contributed by atoms with E-state index < -0.39 is 35.7 Å². The molecule has 6 rings (SSSR count). The fourth-order valence-electron chi connectivity index (χ4n) is 8.64. The van der Waals surface area contributed by atoms with E-state index in [1.165, 1.54) is 31.1 Å². The molecule has 0 radical (unpaired) electrons. The maximum Gasteiger partial charge on any atom is 0.344 e. The molecule has 2 amide bonds. The predicted octanol–water partition coefficient (Wildman–Crippen LogP) is 8.99. The van der Waals surface area contributed by atoms with Crippen LogP contribution in [0.25, 0.3) is 0 Å². The number of aryl methyl sites for hydroxylation is 4. The van der Waals surface area contributed by atoms with Crippen molar-refractivity contribution in [1.29, 1.82) is 0 Å². The Bertz CT molecular complexity index is 2030. The van der Waals surface area contributed by atoms with Crippen molar-refractivity contribution in [3.05, 3.63) is 132 Å². The van der Waals surface area contributed by atoms with E-state index in [9.17, 15) is 0 Å². The van der Waals surface area contributed by atoms with Crippen molar-refractivity contribution in [2.45, 2.75) is 114 Å². The minimum atomic E-state index is -2.07. The molecule has 1 aliphatic heterocycles. The monoisotopic (exact) mass is 900 g/mol. The van der Waals surface area contributed by atoms with Gasteiger partial charge >= 0.3 is 18.0 Å². The molecule has 0 N–H and O–H groups in total. The lowest BCUT2D eigenvalue weighted by Crippen LogP contribution is -2.67. The summed E-state index contributed by atoms with van der Waals surface area (Å²) in [7, 11) is 6.10. The molecule has 1 saturated heterocycles. The van der Waals surface area contributed by atoms with E-state index >= 15 is 14.4 Å². The van der Waals surface area contributed by atoms with Crippen molar-refractivity contribution in [3.63, 3.8) is 0 Å². The molecule has 0 atom stereocenters. The van der Waals surface area contributed by atoms with Crippen LogP contribution in [0.15, 0.2) is 110 Å². The number of likely N-dealkylation sites (tertiary alicyclic amines) is 1. The average molecular weight is 901 g/mol. The van der Waals surface area contributed by atoms with Crippen molar-refractivity contribution in [2.24, 2.45) is 0 Å². The van der Waals surface area contributed by atoms with Crippen LogP contribution in [0.5, 0.6) is 17.2 Å². The third kappa shape index (κ3) is 13.3. The van der Waals surface area contributed by atoms with E-state index in [-0.39, 0.29) is 13.0 Å². The molecule has 0 spiro atoms. The first-order valence-corrected chi connectivity index (χ1v) is 23.1. The summed E-state index contributed by atoms with van der Waals surface area (Å²) in [4.78, 5) is 65.6. The standard InChI is InChI=1S/C52H64N6O8/c1-57(43-33-46(62-2)48(64-4)47(34-43)63-3)51(61)58-32-6-5-27-52(58,49(59)65-44(23-7-15-39-19-11-28-53-35-39)24-8-16-40-20-12-29-54-36-40)50(60)66-45(25-9-17-41-21-13-30-55-37-41)26-10-18-42-22-14-31-56-38-42/h11-14,19-22,28-31,33-38,44-45H,5-10,15-18,23-27,32H2,1-4H3. The zero-order chi connectivity index (χ0) is 46.6. The zero-order valence-electron chi connectivity index (χ0n) is 38.8. The number of urea groups is 1. The van der Waals surface area contributed by atoms with Gasteiger partial charge in [-0.05, 0) is 143 Å². The van der Waals surface area contributed by atoms with Gasteiger partial charge in [-0.2, -0.15) is 0 Å². The number of hydrogen-bond acceptors (Lipinski definition) is 12. The molecule has 14 heteroatoms. The summed E-state index contributed by atoms with van der Waals surface area (Å²) >= 11 is 0. The second kappa shape index (κ2) is 25.2. The number of esters is 2. The summed E-state index contributed by atoms with van der Waals surface area (Å²) in [5.41, 5.74) is 2.65. The number of benzene rings is 1. The lowest BCUT2D eigenvalue weighted by Gasteiger charge is -2.45. The van der Waals surface area contributed by atoms with Crippen molar-refractivity contribution < 1.29 is 38.1 Å². The number of aromatic nitrogens is 4. The summed E-state index contributed by atoms with van der Waals surface area (Å²) in [6, 6.07) is 18.5. The van der Waals surface area contributed by atoms with Gasteiger partial charge in [-0.1, -0.05) is 24.3 Å². The lowest BCUT2D eigenvalue weighted by atomic mass is 9.86. The molecule has 14 nitrogen and oxygen atoms in total. The highest BCUT2D eigenvalue weighted by Gasteiger charge is 2.58. The number of carbonyl (C=O) groups excluding carboxylic acids is 3. The van der Waals surface area contributed by atoms with Crippen molar-refractivity contribution >= 4 is 23.7 Å². The number of nitrogens with zero attached hydrogens (tertiary/aromatic N) is 6. The third-order valence-corrected chi connectivity index (χ3v) is 12.3. The summed E-state index contributed by atoms with van der Waals surface area (Å²) in [5.74, 6) is -0.514. The Labute approximate surface area is 389 Å². The SMILES string of the molecule is COc1cc(N(C)C(=O)N2CCCCC2(C(=O)OC(CCCc2cccnc2)CCCc2cccnc2)C(=O)OC(CCCc2cccnc2)CCCc2cccnc2)cc(OC)c1OC. The first kappa shape index (κ1) is 48.9. The Morgan fingerprint density at radius 2 is 1.00 bits per heavy atom. The largest absolute Gasteiger partial charge is 0.493 e. The van der Waals surface area contributed by atoms with Gasteiger partial charge in [0.25, 0.3) is 0 Å². The van der Waals surface area contributed by atoms with E-state index in [2.05, 4.69) is 19.9 Å². The van der Waals surface area contributed by atoms with E-state index in [0.717, 1.165) is 73.6 Å². The second-order valence-electron chi connectivity index (χ2n) is 16.8. The van der Waals surface area contributed by atoms with Crippen molar-refractivity contribution in [3.8, 4) is 17.2 Å². The number of piperidine rings is 1. The van der Waals surface area contributed by atoms with E-state index in [1.54, 1.807) is 44.0 Å². The van der Waals surface area contributed by atoms with Crippen LogP contribution >= 0.6 is 0 Å². The number of ether oxygens (including phenoxy) is 5. The molecular formula is C52H64N6O8. The highest BCUT2D eigenvalue weighted by molar-refractivity contribution is 6.09. The second-order valence-corrected chi connectivity index (χ2v) is 16.8. The Morgan fingerprint density at radius 3 is 1.33 bits per heavy atom. The predicted molar refractivity (Wildman–Crippen MR) is 252 cm³/mol.